The zero-order valence-corrected chi connectivity index (χ0v) is 23.6. The minimum absolute atomic E-state index is 0.0705. The Morgan fingerprint density at radius 3 is 2.25 bits per heavy atom. The van der Waals surface area contributed by atoms with Gasteiger partial charge in [-0.05, 0) is 72.8 Å². The number of aromatic nitrogens is 4. The van der Waals surface area contributed by atoms with Crippen molar-refractivity contribution >= 4 is 49.4 Å². The molecule has 2 aliphatic heterocycles. The van der Waals surface area contributed by atoms with E-state index in [9.17, 15) is 0 Å². The molecule has 2 aliphatic rings. The normalized spacial score (nSPS) is 24.1. The highest BCUT2D eigenvalue weighted by Gasteiger charge is 2.32. The monoisotopic (exact) mass is 544 g/mol. The molecular formula is C31H31B2ClN6. The molecular weight excluding hydrogens is 513 g/mol. The fraction of sp³-hybridized carbons (Fsp3) is 0.355. The van der Waals surface area contributed by atoms with Crippen molar-refractivity contribution in [1.82, 2.24) is 29.6 Å². The molecule has 0 spiro atoms. The zero-order chi connectivity index (χ0) is 27.5. The van der Waals surface area contributed by atoms with Crippen LogP contribution in [0.15, 0.2) is 54.6 Å². The number of benzene rings is 3. The molecule has 2 fully saturated rings. The predicted octanol–water partition coefficient (Wildman–Crippen LogP) is 7.03. The molecule has 0 saturated carbocycles. The molecule has 2 N–H and O–H groups in total. The first-order chi connectivity index (χ1) is 19.4. The molecule has 4 atom stereocenters. The van der Waals surface area contributed by atoms with E-state index >= 15 is 0 Å². The van der Waals surface area contributed by atoms with Gasteiger partial charge >= 0.3 is 0 Å². The van der Waals surface area contributed by atoms with Crippen molar-refractivity contribution in [3.8, 4) is 22.4 Å². The first kappa shape index (κ1) is 25.9. The lowest BCUT2D eigenvalue weighted by Gasteiger charge is -2.24. The molecule has 4 radical (unpaired) electrons. The number of rotatable bonds is 5. The van der Waals surface area contributed by atoms with Crippen molar-refractivity contribution in [2.75, 3.05) is 0 Å². The van der Waals surface area contributed by atoms with E-state index in [1.54, 1.807) is 0 Å². The van der Waals surface area contributed by atoms with E-state index in [1.165, 1.54) is 0 Å². The Labute approximate surface area is 242 Å². The van der Waals surface area contributed by atoms with Crippen molar-refractivity contribution in [2.45, 2.75) is 70.1 Å². The minimum Gasteiger partial charge on any atom is -0.343 e. The summed E-state index contributed by atoms with van der Waals surface area (Å²) in [6.07, 6.45) is 5.19. The summed E-state index contributed by atoms with van der Waals surface area (Å²) in [5.74, 6) is 1.79. The molecule has 3 aromatic carbocycles. The maximum atomic E-state index is 6.61. The summed E-state index contributed by atoms with van der Waals surface area (Å²) >= 11 is 6.61. The van der Waals surface area contributed by atoms with E-state index in [0.29, 0.717) is 17.2 Å². The van der Waals surface area contributed by atoms with E-state index in [4.69, 9.17) is 37.5 Å². The van der Waals surface area contributed by atoms with Gasteiger partial charge in [0.15, 0.2) is 16.0 Å². The predicted molar refractivity (Wildman–Crippen MR) is 164 cm³/mol. The van der Waals surface area contributed by atoms with E-state index < -0.39 is 0 Å². The van der Waals surface area contributed by atoms with Crippen molar-refractivity contribution < 1.29 is 0 Å². The second kappa shape index (κ2) is 10.1. The number of hydrogen-bond donors (Lipinski definition) is 2. The van der Waals surface area contributed by atoms with Crippen LogP contribution in [0.25, 0.3) is 44.2 Å². The van der Waals surface area contributed by atoms with Crippen LogP contribution >= 0.6 is 11.6 Å². The molecule has 0 aliphatic carbocycles. The quantitative estimate of drug-likeness (QED) is 0.233. The topological polar surface area (TPSA) is 63.8 Å². The number of H-pyrrole nitrogens is 2. The first-order valence-electron chi connectivity index (χ1n) is 14.3. The highest BCUT2D eigenvalue weighted by molar-refractivity contribution is 6.32. The molecule has 0 unspecified atom stereocenters. The van der Waals surface area contributed by atoms with Crippen LogP contribution < -0.4 is 0 Å². The lowest BCUT2D eigenvalue weighted by Crippen LogP contribution is -2.28. The smallest absolute Gasteiger partial charge is 0.183 e. The Bertz CT molecular complexity index is 1700. The summed E-state index contributed by atoms with van der Waals surface area (Å²) < 4.78 is 0. The minimum atomic E-state index is 0.0705. The van der Waals surface area contributed by atoms with Gasteiger partial charge in [0, 0.05) is 10.9 Å². The maximum Gasteiger partial charge on any atom is 0.183 e. The Balaban J connectivity index is 1.15. The van der Waals surface area contributed by atoms with Gasteiger partial charge in [-0.1, -0.05) is 67.9 Å². The Kier molecular flexibility index (Phi) is 6.53. The SMILES string of the molecule is [B]N1[C@@H](CC)CC[C@H]1c1nc(-c2ccc(-c3ccc4c(ccc5[nH]c([C@@H]6CC[C@H](C)N6[B])nc54)c3)cc2)c(Cl)[nH]1. The standard InChI is InChI=1S/C31H31B2ClN6/c1-3-22-11-15-26(40(22)33)31-36-27(29(34)38-31)19-7-5-18(6-8-19)20-9-12-23-21(16-20)10-13-24-28(23)37-30(35-24)25-14-4-17(2)39(25)32/h5-10,12-13,16-17,22,25-26H,3-4,11,14-15H2,1-2H3,(H,35,37)(H,36,38)/t17-,22-,25-,26-/m0/s1. The highest BCUT2D eigenvalue weighted by atomic mass is 35.5. The fourth-order valence-corrected chi connectivity index (χ4v) is 6.82. The molecule has 6 nitrogen and oxygen atoms in total. The number of fused-ring (bicyclic) bond motifs is 3. The molecule has 0 bridgehead atoms. The van der Waals surface area contributed by atoms with Gasteiger partial charge in [0.1, 0.15) is 22.5 Å². The molecule has 4 heterocycles. The average Bonchev–Trinajstić information content (AvgIpc) is 3.74. The van der Waals surface area contributed by atoms with Gasteiger partial charge < -0.3 is 19.6 Å². The van der Waals surface area contributed by atoms with Crippen molar-refractivity contribution in [3.05, 3.63) is 71.4 Å². The third-order valence-corrected chi connectivity index (χ3v) is 9.31. The number of imidazole rings is 2. The molecule has 0 amide bonds. The third kappa shape index (κ3) is 4.28. The average molecular weight is 545 g/mol. The Morgan fingerprint density at radius 2 is 1.52 bits per heavy atom. The van der Waals surface area contributed by atoms with Crippen LogP contribution in [0.1, 0.15) is 69.7 Å². The van der Waals surface area contributed by atoms with Crippen LogP contribution in [0.2, 0.25) is 5.15 Å². The molecule has 2 saturated heterocycles. The Morgan fingerprint density at radius 1 is 0.825 bits per heavy atom. The number of aromatic amines is 2. The lowest BCUT2D eigenvalue weighted by atomic mass is 9.99. The summed E-state index contributed by atoms with van der Waals surface area (Å²) in [5, 5.41) is 2.84. The first-order valence-corrected chi connectivity index (χ1v) is 14.6. The van der Waals surface area contributed by atoms with Gasteiger partial charge in [-0.25, -0.2) is 9.97 Å². The summed E-state index contributed by atoms with van der Waals surface area (Å²) in [6.45, 7) is 4.34. The Hall–Kier alpha value is -3.06. The van der Waals surface area contributed by atoms with E-state index in [0.717, 1.165) is 87.9 Å². The van der Waals surface area contributed by atoms with E-state index in [2.05, 4.69) is 78.4 Å². The van der Waals surface area contributed by atoms with Crippen LogP contribution in [0.4, 0.5) is 0 Å². The maximum absolute atomic E-state index is 6.61. The summed E-state index contributed by atoms with van der Waals surface area (Å²) in [7, 11) is 12.7. The van der Waals surface area contributed by atoms with E-state index in [1.807, 2.05) is 9.62 Å². The summed E-state index contributed by atoms with van der Waals surface area (Å²) in [5.41, 5.74) is 6.06. The molecule has 40 heavy (non-hydrogen) atoms. The molecule has 5 aromatic rings. The molecule has 7 rings (SSSR count). The van der Waals surface area contributed by atoms with Crippen LogP contribution in [-0.2, 0) is 0 Å². The number of halogens is 1. The number of nitrogens with zero attached hydrogens (tertiary/aromatic N) is 4. The second-order valence-electron chi connectivity index (χ2n) is 11.4. The molecule has 9 heteroatoms. The zero-order valence-electron chi connectivity index (χ0n) is 22.9. The largest absolute Gasteiger partial charge is 0.343 e. The number of nitrogens with one attached hydrogen (secondary N) is 2. The third-order valence-electron chi connectivity index (χ3n) is 9.04. The van der Waals surface area contributed by atoms with Crippen molar-refractivity contribution in [3.63, 3.8) is 0 Å². The van der Waals surface area contributed by atoms with Crippen molar-refractivity contribution in [1.29, 1.82) is 0 Å². The van der Waals surface area contributed by atoms with Gasteiger partial charge in [0.05, 0.1) is 23.1 Å². The van der Waals surface area contributed by atoms with Gasteiger partial charge in [0.2, 0.25) is 0 Å². The molecule has 2 aromatic heterocycles. The number of hydrogen-bond acceptors (Lipinski definition) is 4. The van der Waals surface area contributed by atoms with Crippen LogP contribution in [-0.4, -0.2) is 57.6 Å². The summed E-state index contributed by atoms with van der Waals surface area (Å²) in [6, 6.07) is 20.2. The lowest BCUT2D eigenvalue weighted by molar-refractivity contribution is 0.331. The van der Waals surface area contributed by atoms with E-state index in [-0.39, 0.29) is 12.1 Å². The molecule has 198 valence electrons. The van der Waals surface area contributed by atoms with Gasteiger partial charge in [-0.2, -0.15) is 0 Å². The van der Waals surface area contributed by atoms with Gasteiger partial charge in [-0.3, -0.25) is 0 Å². The highest BCUT2D eigenvalue weighted by Crippen LogP contribution is 2.38. The van der Waals surface area contributed by atoms with Crippen molar-refractivity contribution in [2.24, 2.45) is 0 Å². The summed E-state index contributed by atoms with van der Waals surface area (Å²) in [4.78, 5) is 20.5. The van der Waals surface area contributed by atoms with Crippen LogP contribution in [0.3, 0.4) is 0 Å². The fourth-order valence-electron chi connectivity index (χ4n) is 6.58. The van der Waals surface area contributed by atoms with Crippen LogP contribution in [0.5, 0.6) is 0 Å². The second-order valence-corrected chi connectivity index (χ2v) is 11.8. The van der Waals surface area contributed by atoms with Gasteiger partial charge in [0.25, 0.3) is 0 Å². The van der Waals surface area contributed by atoms with Crippen LogP contribution in [0, 0.1) is 0 Å². The van der Waals surface area contributed by atoms with Gasteiger partial charge in [-0.15, -0.1) is 0 Å².